The Morgan fingerprint density at radius 3 is 2.17 bits per heavy atom. The third-order valence-electron chi connectivity index (χ3n) is 1.67. The summed E-state index contributed by atoms with van der Waals surface area (Å²) in [5.41, 5.74) is -3.47. The van der Waals surface area contributed by atoms with Crippen molar-refractivity contribution in [2.75, 3.05) is 0 Å². The smallest absolute Gasteiger partial charge is 0.506 e. The van der Waals surface area contributed by atoms with Crippen molar-refractivity contribution < 1.29 is 41.0 Å². The highest BCUT2D eigenvalue weighted by atomic mass is 19.4. The van der Waals surface area contributed by atoms with Gasteiger partial charge in [0.2, 0.25) is 5.88 Å². The quantitative estimate of drug-likeness (QED) is 0.665. The predicted molar refractivity (Wildman–Crippen MR) is 43.0 cm³/mol. The Bertz CT molecular complexity index is 467. The Morgan fingerprint density at radius 1 is 1.22 bits per heavy atom. The molecule has 0 aliphatic rings. The molecule has 100 valence electrons. The Balaban J connectivity index is 3.44. The number of carbonyl (C=O) groups is 1. The Kier molecular flexibility index (Phi) is 3.40. The van der Waals surface area contributed by atoms with Gasteiger partial charge in [0.25, 0.3) is 0 Å². The molecule has 1 heterocycles. The first-order valence-corrected chi connectivity index (χ1v) is 4.06. The van der Waals surface area contributed by atoms with Crippen LogP contribution in [0, 0.1) is 0 Å². The first kappa shape index (κ1) is 14.1. The molecule has 0 atom stereocenters. The number of nitrogens with zero attached hydrogens (tertiary/aromatic N) is 1. The highest BCUT2D eigenvalue weighted by Crippen LogP contribution is 2.40. The second-order valence-electron chi connectivity index (χ2n) is 2.90. The van der Waals surface area contributed by atoms with E-state index in [2.05, 4.69) is 9.72 Å². The molecule has 18 heavy (non-hydrogen) atoms. The van der Waals surface area contributed by atoms with E-state index in [-0.39, 0.29) is 6.20 Å². The van der Waals surface area contributed by atoms with Crippen LogP contribution in [-0.4, -0.2) is 22.7 Å². The molecule has 0 unspecified atom stereocenters. The number of alkyl halides is 6. The summed E-state index contributed by atoms with van der Waals surface area (Å²) < 4.78 is 76.0. The molecule has 0 aliphatic carbocycles. The van der Waals surface area contributed by atoms with Gasteiger partial charge in [0.15, 0.2) is 6.29 Å². The van der Waals surface area contributed by atoms with E-state index in [4.69, 9.17) is 5.11 Å². The number of aromatic hydroxyl groups is 1. The number of rotatable bonds is 2. The fraction of sp³-hybridized carbons (Fsp3) is 0.250. The highest BCUT2D eigenvalue weighted by Gasteiger charge is 2.41. The van der Waals surface area contributed by atoms with Crippen LogP contribution in [0.25, 0.3) is 0 Å². The third-order valence-corrected chi connectivity index (χ3v) is 1.67. The molecule has 0 bridgehead atoms. The lowest BCUT2D eigenvalue weighted by molar-refractivity contribution is -0.276. The van der Waals surface area contributed by atoms with E-state index in [0.717, 1.165) is 0 Å². The highest BCUT2D eigenvalue weighted by molar-refractivity contribution is 5.82. The number of pyridine rings is 1. The minimum absolute atomic E-state index is 0.108. The van der Waals surface area contributed by atoms with E-state index in [1.807, 2.05) is 0 Å². The van der Waals surface area contributed by atoms with Gasteiger partial charge in [0, 0.05) is 0 Å². The number of ether oxygens (including phenoxy) is 1. The maximum absolute atomic E-state index is 12.4. The lowest BCUT2D eigenvalue weighted by Crippen LogP contribution is -2.20. The predicted octanol–water partition coefficient (Wildman–Crippen LogP) is 2.52. The average molecular weight is 275 g/mol. The summed E-state index contributed by atoms with van der Waals surface area (Å²) in [5.74, 6) is -3.05. The normalized spacial score (nSPS) is 12.3. The molecule has 1 aromatic rings. The van der Waals surface area contributed by atoms with E-state index in [1.54, 1.807) is 0 Å². The van der Waals surface area contributed by atoms with Crippen molar-refractivity contribution in [3.8, 4) is 11.6 Å². The van der Waals surface area contributed by atoms with Gasteiger partial charge in [0.1, 0.15) is 11.3 Å². The van der Waals surface area contributed by atoms with Crippen LogP contribution in [0.15, 0.2) is 6.20 Å². The van der Waals surface area contributed by atoms with Gasteiger partial charge in [-0.25, -0.2) is 4.98 Å². The largest absolute Gasteiger partial charge is 0.574 e. The molecule has 10 heteroatoms. The van der Waals surface area contributed by atoms with Gasteiger partial charge in [-0.05, 0) is 0 Å². The van der Waals surface area contributed by atoms with Gasteiger partial charge in [-0.3, -0.25) is 4.79 Å². The zero-order valence-corrected chi connectivity index (χ0v) is 8.13. The summed E-state index contributed by atoms with van der Waals surface area (Å²) in [7, 11) is 0. The number of carbonyl (C=O) groups excluding carboxylic acids is 1. The summed E-state index contributed by atoms with van der Waals surface area (Å²) in [5, 5.41) is 8.90. The molecule has 0 radical (unpaired) electrons. The second-order valence-corrected chi connectivity index (χ2v) is 2.90. The van der Waals surface area contributed by atoms with Gasteiger partial charge in [0.05, 0.1) is 11.8 Å². The van der Waals surface area contributed by atoms with Gasteiger partial charge >= 0.3 is 12.5 Å². The van der Waals surface area contributed by atoms with Crippen LogP contribution < -0.4 is 4.74 Å². The van der Waals surface area contributed by atoms with E-state index in [9.17, 15) is 31.1 Å². The van der Waals surface area contributed by atoms with Gasteiger partial charge in [-0.2, -0.15) is 13.2 Å². The first-order valence-electron chi connectivity index (χ1n) is 4.06. The van der Waals surface area contributed by atoms with Crippen molar-refractivity contribution in [3.05, 3.63) is 17.3 Å². The standard InChI is InChI=1S/C8H3F6NO3/c9-7(10,11)5-3(2-16)6(15-1-4(5)17)18-8(12,13)14/h1-2,17H. The van der Waals surface area contributed by atoms with Crippen molar-refractivity contribution in [1.82, 2.24) is 4.98 Å². The molecule has 1 aromatic heterocycles. The molecule has 4 nitrogen and oxygen atoms in total. The van der Waals surface area contributed by atoms with Crippen molar-refractivity contribution in [2.24, 2.45) is 0 Å². The minimum Gasteiger partial charge on any atom is -0.506 e. The molecule has 0 saturated heterocycles. The van der Waals surface area contributed by atoms with E-state index in [1.165, 1.54) is 0 Å². The Hall–Kier alpha value is -2.00. The average Bonchev–Trinajstić information content (AvgIpc) is 2.16. The molecule has 0 fully saturated rings. The van der Waals surface area contributed by atoms with E-state index >= 15 is 0 Å². The summed E-state index contributed by atoms with van der Waals surface area (Å²) >= 11 is 0. The van der Waals surface area contributed by atoms with Crippen LogP contribution in [0.3, 0.4) is 0 Å². The zero-order chi connectivity index (χ0) is 14.1. The Labute approximate surface area is 94.8 Å². The van der Waals surface area contributed by atoms with Crippen LogP contribution in [0.5, 0.6) is 11.6 Å². The molecule has 1 rings (SSSR count). The topological polar surface area (TPSA) is 59.4 Å². The van der Waals surface area contributed by atoms with Gasteiger partial charge in [-0.1, -0.05) is 0 Å². The second kappa shape index (κ2) is 4.35. The van der Waals surface area contributed by atoms with Crippen molar-refractivity contribution in [3.63, 3.8) is 0 Å². The monoisotopic (exact) mass is 275 g/mol. The number of aromatic nitrogens is 1. The van der Waals surface area contributed by atoms with E-state index < -0.39 is 41.6 Å². The summed E-state index contributed by atoms with van der Waals surface area (Å²) in [6.45, 7) is 0. The van der Waals surface area contributed by atoms with E-state index in [0.29, 0.717) is 0 Å². The summed E-state index contributed by atoms with van der Waals surface area (Å²) in [4.78, 5) is 13.2. The van der Waals surface area contributed by atoms with Crippen molar-refractivity contribution in [1.29, 1.82) is 0 Å². The zero-order valence-electron chi connectivity index (χ0n) is 8.13. The maximum Gasteiger partial charge on any atom is 0.574 e. The minimum atomic E-state index is -5.31. The summed E-state index contributed by atoms with van der Waals surface area (Å²) in [6.07, 6.45) is -11.0. The summed E-state index contributed by atoms with van der Waals surface area (Å²) in [6, 6.07) is 0. The Morgan fingerprint density at radius 2 is 1.78 bits per heavy atom. The number of hydrogen-bond acceptors (Lipinski definition) is 4. The van der Waals surface area contributed by atoms with Crippen LogP contribution >= 0.6 is 0 Å². The SMILES string of the molecule is O=Cc1c(OC(F)(F)F)ncc(O)c1C(F)(F)F. The van der Waals surface area contributed by atoms with Gasteiger partial charge < -0.3 is 9.84 Å². The molecule has 1 N–H and O–H groups in total. The first-order chi connectivity index (χ1) is 8.06. The lowest BCUT2D eigenvalue weighted by atomic mass is 10.1. The van der Waals surface area contributed by atoms with Gasteiger partial charge in [-0.15, -0.1) is 13.2 Å². The van der Waals surface area contributed by atoms with Crippen molar-refractivity contribution in [2.45, 2.75) is 12.5 Å². The molecule has 0 aromatic carbocycles. The van der Waals surface area contributed by atoms with Crippen LogP contribution in [0.1, 0.15) is 15.9 Å². The molecule has 0 saturated carbocycles. The third kappa shape index (κ3) is 3.02. The van der Waals surface area contributed by atoms with Crippen molar-refractivity contribution >= 4 is 6.29 Å². The number of hydrogen-bond donors (Lipinski definition) is 1. The molecule has 0 aliphatic heterocycles. The van der Waals surface area contributed by atoms with Crippen LogP contribution in [0.2, 0.25) is 0 Å². The fourth-order valence-corrected chi connectivity index (χ4v) is 1.10. The molecular formula is C8H3F6NO3. The molecule has 0 amide bonds. The fourth-order valence-electron chi connectivity index (χ4n) is 1.10. The molecule has 0 spiro atoms. The van der Waals surface area contributed by atoms with Crippen LogP contribution in [0.4, 0.5) is 26.3 Å². The molecular weight excluding hydrogens is 272 g/mol. The maximum atomic E-state index is 12.4. The van der Waals surface area contributed by atoms with Crippen LogP contribution in [-0.2, 0) is 6.18 Å². The number of halogens is 6. The lowest BCUT2D eigenvalue weighted by Gasteiger charge is -2.15. The number of aldehydes is 1.